The van der Waals surface area contributed by atoms with E-state index < -0.39 is 24.0 Å². The standard InChI is InChI=1S/C17H24N2O5/c1-5-11(3)14(16(21)23-4)19-17(22)18-13-9-7-8-12(10-13)15(20)24-6-2/h7-11,14H,5-6H2,1-4H3,(H2,18,19,22). The maximum atomic E-state index is 12.1. The van der Waals surface area contributed by atoms with Gasteiger partial charge < -0.3 is 20.1 Å². The number of rotatable bonds is 7. The Hall–Kier alpha value is -2.57. The summed E-state index contributed by atoms with van der Waals surface area (Å²) in [5, 5.41) is 5.20. The van der Waals surface area contributed by atoms with Gasteiger partial charge in [-0.25, -0.2) is 14.4 Å². The van der Waals surface area contributed by atoms with Gasteiger partial charge in [-0.2, -0.15) is 0 Å². The molecule has 132 valence electrons. The van der Waals surface area contributed by atoms with Gasteiger partial charge in [0, 0.05) is 5.69 Å². The van der Waals surface area contributed by atoms with Crippen LogP contribution in [0.25, 0.3) is 0 Å². The minimum absolute atomic E-state index is 0.0749. The lowest BCUT2D eigenvalue weighted by Gasteiger charge is -2.22. The Labute approximate surface area is 141 Å². The molecule has 24 heavy (non-hydrogen) atoms. The van der Waals surface area contributed by atoms with Crippen molar-refractivity contribution in [1.82, 2.24) is 5.32 Å². The number of hydrogen-bond donors (Lipinski definition) is 2. The van der Waals surface area contributed by atoms with Crippen molar-refractivity contribution >= 4 is 23.7 Å². The first kappa shape index (κ1) is 19.5. The van der Waals surface area contributed by atoms with Gasteiger partial charge in [0.2, 0.25) is 0 Å². The second-order valence-corrected chi connectivity index (χ2v) is 5.29. The van der Waals surface area contributed by atoms with Crippen LogP contribution >= 0.6 is 0 Å². The minimum Gasteiger partial charge on any atom is -0.467 e. The minimum atomic E-state index is -0.742. The number of anilines is 1. The number of ether oxygens (including phenoxy) is 2. The Kier molecular flexibility index (Phi) is 7.74. The lowest BCUT2D eigenvalue weighted by molar-refractivity contribution is -0.144. The third kappa shape index (κ3) is 5.57. The topological polar surface area (TPSA) is 93.7 Å². The lowest BCUT2D eigenvalue weighted by Crippen LogP contribution is -2.47. The predicted octanol–water partition coefficient (Wildman–Crippen LogP) is 2.57. The van der Waals surface area contributed by atoms with Gasteiger partial charge in [-0.1, -0.05) is 26.3 Å². The molecule has 1 aromatic rings. The van der Waals surface area contributed by atoms with E-state index in [0.717, 1.165) is 0 Å². The number of esters is 2. The fraction of sp³-hybridized carbons (Fsp3) is 0.471. The molecule has 0 fully saturated rings. The molecule has 0 radical (unpaired) electrons. The van der Waals surface area contributed by atoms with Crippen molar-refractivity contribution in [2.75, 3.05) is 19.0 Å². The summed E-state index contributed by atoms with van der Waals surface area (Å²) in [6.07, 6.45) is 0.707. The zero-order valence-electron chi connectivity index (χ0n) is 14.4. The van der Waals surface area contributed by atoms with Gasteiger partial charge >= 0.3 is 18.0 Å². The van der Waals surface area contributed by atoms with Crippen LogP contribution in [-0.2, 0) is 14.3 Å². The molecule has 0 aliphatic rings. The smallest absolute Gasteiger partial charge is 0.338 e. The van der Waals surface area contributed by atoms with Crippen LogP contribution in [0, 0.1) is 5.92 Å². The molecular formula is C17H24N2O5. The van der Waals surface area contributed by atoms with Gasteiger partial charge in [0.05, 0.1) is 19.3 Å². The van der Waals surface area contributed by atoms with Crippen molar-refractivity contribution in [3.8, 4) is 0 Å². The summed E-state index contributed by atoms with van der Waals surface area (Å²) >= 11 is 0. The molecule has 0 bridgehead atoms. The fourth-order valence-corrected chi connectivity index (χ4v) is 2.04. The SMILES string of the molecule is CCOC(=O)c1cccc(NC(=O)NC(C(=O)OC)C(C)CC)c1. The molecule has 7 nitrogen and oxygen atoms in total. The van der Waals surface area contributed by atoms with E-state index >= 15 is 0 Å². The molecule has 2 unspecified atom stereocenters. The highest BCUT2D eigenvalue weighted by Gasteiger charge is 2.26. The average molecular weight is 336 g/mol. The van der Waals surface area contributed by atoms with Crippen LogP contribution in [0.2, 0.25) is 0 Å². The summed E-state index contributed by atoms with van der Waals surface area (Å²) in [4.78, 5) is 35.6. The molecule has 1 rings (SSSR count). The molecule has 2 amide bonds. The van der Waals surface area contributed by atoms with Crippen LogP contribution in [-0.4, -0.2) is 37.7 Å². The third-order valence-corrected chi connectivity index (χ3v) is 3.59. The van der Waals surface area contributed by atoms with Crippen molar-refractivity contribution in [3.05, 3.63) is 29.8 Å². The number of methoxy groups -OCH3 is 1. The maximum Gasteiger partial charge on any atom is 0.338 e. The molecular weight excluding hydrogens is 312 g/mol. The molecule has 0 aromatic heterocycles. The van der Waals surface area contributed by atoms with E-state index in [2.05, 4.69) is 10.6 Å². The number of hydrogen-bond acceptors (Lipinski definition) is 5. The largest absolute Gasteiger partial charge is 0.467 e. The van der Waals surface area contributed by atoms with Gasteiger partial charge in [-0.15, -0.1) is 0 Å². The van der Waals surface area contributed by atoms with Crippen molar-refractivity contribution in [2.45, 2.75) is 33.2 Å². The molecule has 7 heteroatoms. The molecule has 0 heterocycles. The van der Waals surface area contributed by atoms with E-state index in [-0.39, 0.29) is 12.5 Å². The number of carbonyl (C=O) groups is 3. The van der Waals surface area contributed by atoms with Gasteiger partial charge in [-0.3, -0.25) is 0 Å². The first-order chi connectivity index (χ1) is 11.4. The fourth-order valence-electron chi connectivity index (χ4n) is 2.04. The van der Waals surface area contributed by atoms with E-state index in [4.69, 9.17) is 9.47 Å². The van der Waals surface area contributed by atoms with Crippen molar-refractivity contribution < 1.29 is 23.9 Å². The first-order valence-corrected chi connectivity index (χ1v) is 7.85. The summed E-state index contributed by atoms with van der Waals surface area (Å²) in [6, 6.07) is 5.08. The summed E-state index contributed by atoms with van der Waals surface area (Å²) in [5.41, 5.74) is 0.756. The number of carbonyl (C=O) groups excluding carboxylic acids is 3. The monoisotopic (exact) mass is 336 g/mol. The lowest BCUT2D eigenvalue weighted by atomic mass is 9.99. The third-order valence-electron chi connectivity index (χ3n) is 3.59. The highest BCUT2D eigenvalue weighted by Crippen LogP contribution is 2.13. The Morgan fingerprint density at radius 1 is 1.21 bits per heavy atom. The van der Waals surface area contributed by atoms with Crippen LogP contribution in [0.3, 0.4) is 0 Å². The Morgan fingerprint density at radius 3 is 2.50 bits per heavy atom. The predicted molar refractivity (Wildman–Crippen MR) is 89.8 cm³/mol. The van der Waals surface area contributed by atoms with Crippen LogP contribution in [0.1, 0.15) is 37.6 Å². The quantitative estimate of drug-likeness (QED) is 0.746. The first-order valence-electron chi connectivity index (χ1n) is 7.85. The van der Waals surface area contributed by atoms with Crippen molar-refractivity contribution in [2.24, 2.45) is 5.92 Å². The summed E-state index contributed by atoms with van der Waals surface area (Å²) in [7, 11) is 1.28. The van der Waals surface area contributed by atoms with Crippen LogP contribution in [0.5, 0.6) is 0 Å². The van der Waals surface area contributed by atoms with Crippen LogP contribution in [0.15, 0.2) is 24.3 Å². The molecule has 0 saturated heterocycles. The molecule has 1 aromatic carbocycles. The van der Waals surface area contributed by atoms with Gasteiger partial charge in [-0.05, 0) is 31.0 Å². The Balaban J connectivity index is 2.78. The van der Waals surface area contributed by atoms with Gasteiger partial charge in [0.1, 0.15) is 6.04 Å². The van der Waals surface area contributed by atoms with Crippen LogP contribution in [0.4, 0.5) is 10.5 Å². The van der Waals surface area contributed by atoms with E-state index in [9.17, 15) is 14.4 Å². The van der Waals surface area contributed by atoms with Crippen molar-refractivity contribution in [3.63, 3.8) is 0 Å². The van der Waals surface area contributed by atoms with Crippen LogP contribution < -0.4 is 10.6 Å². The Bertz CT molecular complexity index is 588. The second kappa shape index (κ2) is 9.54. The normalized spacial score (nSPS) is 12.7. The summed E-state index contributed by atoms with van der Waals surface area (Å²) in [6.45, 7) is 5.76. The molecule has 0 aliphatic carbocycles. The van der Waals surface area contributed by atoms with E-state index in [1.165, 1.54) is 13.2 Å². The van der Waals surface area contributed by atoms with E-state index in [0.29, 0.717) is 17.7 Å². The number of amides is 2. The average Bonchev–Trinajstić information content (AvgIpc) is 2.58. The Morgan fingerprint density at radius 2 is 1.92 bits per heavy atom. The number of benzene rings is 1. The molecule has 2 atom stereocenters. The van der Waals surface area contributed by atoms with Crippen molar-refractivity contribution in [1.29, 1.82) is 0 Å². The summed E-state index contributed by atoms with van der Waals surface area (Å²) in [5.74, 6) is -1.04. The maximum absolute atomic E-state index is 12.1. The zero-order valence-corrected chi connectivity index (χ0v) is 14.4. The molecule has 2 N–H and O–H groups in total. The molecule has 0 spiro atoms. The highest BCUT2D eigenvalue weighted by molar-refractivity contribution is 5.95. The van der Waals surface area contributed by atoms with E-state index in [1.807, 2.05) is 13.8 Å². The van der Waals surface area contributed by atoms with E-state index in [1.54, 1.807) is 25.1 Å². The number of urea groups is 1. The zero-order chi connectivity index (χ0) is 18.1. The van der Waals surface area contributed by atoms with Gasteiger partial charge in [0.25, 0.3) is 0 Å². The summed E-state index contributed by atoms with van der Waals surface area (Å²) < 4.78 is 9.64. The second-order valence-electron chi connectivity index (χ2n) is 5.29. The molecule has 0 aliphatic heterocycles. The highest BCUT2D eigenvalue weighted by atomic mass is 16.5. The number of nitrogens with one attached hydrogen (secondary N) is 2. The van der Waals surface area contributed by atoms with Gasteiger partial charge in [0.15, 0.2) is 0 Å². The molecule has 0 saturated carbocycles.